The van der Waals surface area contributed by atoms with Gasteiger partial charge in [0.2, 0.25) is 5.91 Å². The van der Waals surface area contributed by atoms with Crippen LogP contribution in [-0.2, 0) is 14.3 Å². The molecule has 1 aromatic rings. The first-order valence-corrected chi connectivity index (χ1v) is 6.22. The third-order valence-corrected chi connectivity index (χ3v) is 2.72. The fourth-order valence-electron chi connectivity index (χ4n) is 1.25. The van der Waals surface area contributed by atoms with Crippen molar-refractivity contribution >= 4 is 33.5 Å². The van der Waals surface area contributed by atoms with Crippen LogP contribution >= 0.6 is 15.9 Å². The average molecular weight is 318 g/mol. The minimum Gasteiger partial charge on any atom is -0.466 e. The van der Waals surface area contributed by atoms with E-state index in [1.54, 1.807) is 6.92 Å². The number of benzene rings is 1. The molecule has 1 amide bonds. The molecule has 18 heavy (non-hydrogen) atoms. The van der Waals surface area contributed by atoms with Crippen LogP contribution in [-0.4, -0.2) is 18.5 Å². The summed E-state index contributed by atoms with van der Waals surface area (Å²) in [6, 6.07) is 3.94. The fraction of sp³-hybridized carbons (Fsp3) is 0.333. The Morgan fingerprint density at radius 2 is 2.11 bits per heavy atom. The molecule has 98 valence electrons. The van der Waals surface area contributed by atoms with Gasteiger partial charge in [0.15, 0.2) is 0 Å². The number of carbonyl (C=O) groups excluding carboxylic acids is 2. The molecule has 0 aliphatic rings. The highest BCUT2D eigenvalue weighted by Gasteiger charge is 2.09. The number of carbonyl (C=O) groups is 2. The Hall–Kier alpha value is -1.43. The molecule has 1 rings (SSSR count). The summed E-state index contributed by atoms with van der Waals surface area (Å²) < 4.78 is 18.0. The number of hydrogen-bond donors (Lipinski definition) is 1. The van der Waals surface area contributed by atoms with Crippen molar-refractivity contribution in [3.63, 3.8) is 0 Å². The zero-order valence-corrected chi connectivity index (χ0v) is 11.4. The van der Waals surface area contributed by atoms with Crippen LogP contribution in [0.25, 0.3) is 0 Å². The maximum atomic E-state index is 12.8. The van der Waals surface area contributed by atoms with Crippen LogP contribution in [0.2, 0.25) is 0 Å². The van der Waals surface area contributed by atoms with E-state index in [4.69, 9.17) is 4.74 Å². The molecular weight excluding hydrogens is 305 g/mol. The molecule has 0 unspecified atom stereocenters. The van der Waals surface area contributed by atoms with Crippen molar-refractivity contribution in [3.05, 3.63) is 28.5 Å². The molecule has 0 fully saturated rings. The predicted octanol–water partition coefficient (Wildman–Crippen LogP) is 2.87. The molecule has 0 saturated carbocycles. The molecular formula is C12H13BrFNO3. The van der Waals surface area contributed by atoms with Crippen molar-refractivity contribution < 1.29 is 18.7 Å². The van der Waals surface area contributed by atoms with Gasteiger partial charge >= 0.3 is 5.97 Å². The van der Waals surface area contributed by atoms with E-state index in [1.807, 2.05) is 0 Å². The van der Waals surface area contributed by atoms with E-state index in [2.05, 4.69) is 21.2 Å². The minimum absolute atomic E-state index is 0.0263. The summed E-state index contributed by atoms with van der Waals surface area (Å²) in [5.41, 5.74) is 0.463. The quantitative estimate of drug-likeness (QED) is 0.850. The Morgan fingerprint density at radius 3 is 2.72 bits per heavy atom. The monoisotopic (exact) mass is 317 g/mol. The number of ether oxygens (including phenoxy) is 1. The fourth-order valence-corrected chi connectivity index (χ4v) is 1.70. The molecule has 1 N–H and O–H groups in total. The van der Waals surface area contributed by atoms with Crippen LogP contribution in [0.4, 0.5) is 10.1 Å². The number of amides is 1. The standard InChI is InChI=1S/C12H13BrFNO3/c1-2-18-12(17)6-5-11(16)15-10-4-3-8(14)7-9(10)13/h3-4,7H,2,5-6H2,1H3,(H,15,16). The Kier molecular flexibility index (Phi) is 5.77. The van der Waals surface area contributed by atoms with E-state index in [0.29, 0.717) is 16.8 Å². The Morgan fingerprint density at radius 1 is 1.39 bits per heavy atom. The van der Waals surface area contributed by atoms with Gasteiger partial charge in [-0.25, -0.2) is 4.39 Å². The summed E-state index contributed by atoms with van der Waals surface area (Å²) >= 11 is 3.13. The first kappa shape index (κ1) is 14.6. The topological polar surface area (TPSA) is 55.4 Å². The molecule has 0 aliphatic heterocycles. The summed E-state index contributed by atoms with van der Waals surface area (Å²) in [5, 5.41) is 2.57. The largest absolute Gasteiger partial charge is 0.466 e. The Bertz CT molecular complexity index is 451. The highest BCUT2D eigenvalue weighted by molar-refractivity contribution is 9.10. The van der Waals surface area contributed by atoms with E-state index in [0.717, 1.165) is 0 Å². The lowest BCUT2D eigenvalue weighted by Crippen LogP contribution is -2.14. The Labute approximate surface area is 113 Å². The molecule has 1 aromatic carbocycles. The highest BCUT2D eigenvalue weighted by atomic mass is 79.9. The van der Waals surface area contributed by atoms with Crippen LogP contribution in [0, 0.1) is 5.82 Å². The Balaban J connectivity index is 2.47. The first-order chi connectivity index (χ1) is 8.52. The molecule has 0 aliphatic carbocycles. The summed E-state index contributed by atoms with van der Waals surface area (Å²) in [6.07, 6.45) is 0.0567. The number of anilines is 1. The van der Waals surface area contributed by atoms with Gasteiger partial charge in [0.25, 0.3) is 0 Å². The molecule has 0 spiro atoms. The SMILES string of the molecule is CCOC(=O)CCC(=O)Nc1ccc(F)cc1Br. The molecule has 0 aromatic heterocycles. The van der Waals surface area contributed by atoms with E-state index in [-0.39, 0.29) is 18.7 Å². The lowest BCUT2D eigenvalue weighted by Gasteiger charge is -2.07. The molecule has 0 radical (unpaired) electrons. The molecule has 0 heterocycles. The van der Waals surface area contributed by atoms with Crippen molar-refractivity contribution in [2.45, 2.75) is 19.8 Å². The van der Waals surface area contributed by atoms with Crippen LogP contribution in [0.15, 0.2) is 22.7 Å². The van der Waals surface area contributed by atoms with Gasteiger partial charge in [0.05, 0.1) is 18.7 Å². The van der Waals surface area contributed by atoms with Crippen molar-refractivity contribution in [1.29, 1.82) is 0 Å². The van der Waals surface area contributed by atoms with E-state index in [9.17, 15) is 14.0 Å². The van der Waals surface area contributed by atoms with Crippen molar-refractivity contribution in [2.24, 2.45) is 0 Å². The second kappa shape index (κ2) is 7.10. The number of rotatable bonds is 5. The lowest BCUT2D eigenvalue weighted by molar-refractivity contribution is -0.144. The summed E-state index contributed by atoms with van der Waals surface area (Å²) in [7, 11) is 0. The number of halogens is 2. The van der Waals surface area contributed by atoms with Crippen molar-refractivity contribution in [3.8, 4) is 0 Å². The van der Waals surface area contributed by atoms with E-state index >= 15 is 0 Å². The summed E-state index contributed by atoms with van der Waals surface area (Å²) in [5.74, 6) is -1.13. The average Bonchev–Trinajstić information content (AvgIpc) is 2.31. The molecule has 0 atom stereocenters. The third-order valence-electron chi connectivity index (χ3n) is 2.07. The van der Waals surface area contributed by atoms with Gasteiger partial charge in [-0.05, 0) is 41.1 Å². The summed E-state index contributed by atoms with van der Waals surface area (Å²) in [4.78, 5) is 22.6. The number of nitrogens with one attached hydrogen (secondary N) is 1. The maximum Gasteiger partial charge on any atom is 0.306 e. The van der Waals surface area contributed by atoms with Gasteiger partial charge in [-0.1, -0.05) is 0 Å². The second-order valence-electron chi connectivity index (χ2n) is 3.48. The van der Waals surface area contributed by atoms with Gasteiger partial charge in [0, 0.05) is 10.9 Å². The van der Waals surface area contributed by atoms with Gasteiger partial charge in [-0.3, -0.25) is 9.59 Å². The van der Waals surface area contributed by atoms with Crippen LogP contribution in [0.3, 0.4) is 0 Å². The van der Waals surface area contributed by atoms with Gasteiger partial charge in [0.1, 0.15) is 5.82 Å². The van der Waals surface area contributed by atoms with E-state index < -0.39 is 11.8 Å². The highest BCUT2D eigenvalue weighted by Crippen LogP contribution is 2.23. The zero-order chi connectivity index (χ0) is 13.5. The molecule has 6 heteroatoms. The normalized spacial score (nSPS) is 9.94. The predicted molar refractivity (Wildman–Crippen MR) is 68.6 cm³/mol. The smallest absolute Gasteiger partial charge is 0.306 e. The van der Waals surface area contributed by atoms with Crippen LogP contribution in [0.1, 0.15) is 19.8 Å². The van der Waals surface area contributed by atoms with Gasteiger partial charge < -0.3 is 10.1 Å². The first-order valence-electron chi connectivity index (χ1n) is 5.43. The second-order valence-corrected chi connectivity index (χ2v) is 4.33. The zero-order valence-electron chi connectivity index (χ0n) is 9.83. The minimum atomic E-state index is -0.411. The lowest BCUT2D eigenvalue weighted by atomic mass is 10.2. The molecule has 0 saturated heterocycles. The van der Waals surface area contributed by atoms with Gasteiger partial charge in [-0.2, -0.15) is 0 Å². The molecule has 4 nitrogen and oxygen atoms in total. The van der Waals surface area contributed by atoms with E-state index in [1.165, 1.54) is 18.2 Å². The van der Waals surface area contributed by atoms with Crippen molar-refractivity contribution in [2.75, 3.05) is 11.9 Å². The number of hydrogen-bond acceptors (Lipinski definition) is 3. The maximum absolute atomic E-state index is 12.8. The summed E-state index contributed by atoms with van der Waals surface area (Å²) in [6.45, 7) is 2.00. The van der Waals surface area contributed by atoms with Crippen molar-refractivity contribution in [1.82, 2.24) is 0 Å². The van der Waals surface area contributed by atoms with Crippen LogP contribution in [0.5, 0.6) is 0 Å². The molecule has 0 bridgehead atoms. The van der Waals surface area contributed by atoms with Crippen LogP contribution < -0.4 is 5.32 Å². The van der Waals surface area contributed by atoms with Gasteiger partial charge in [-0.15, -0.1) is 0 Å². The number of esters is 1. The third kappa shape index (κ3) is 4.83.